The van der Waals surface area contributed by atoms with E-state index in [1.807, 2.05) is 25.1 Å². The first-order chi connectivity index (χ1) is 8.29. The molecule has 0 bridgehead atoms. The normalized spacial score (nSPS) is 9.88. The Hall–Kier alpha value is -2.35. The van der Waals surface area contributed by atoms with Crippen LogP contribution in [0, 0.1) is 18.3 Å². The van der Waals surface area contributed by atoms with Crippen molar-refractivity contribution in [2.45, 2.75) is 13.3 Å². The third kappa shape index (κ3) is 2.82. The van der Waals surface area contributed by atoms with Gasteiger partial charge in [-0.3, -0.25) is 0 Å². The maximum Gasteiger partial charge on any atom is 0.228 e. The summed E-state index contributed by atoms with van der Waals surface area (Å²) >= 11 is 0. The van der Waals surface area contributed by atoms with Crippen LogP contribution in [0.15, 0.2) is 29.0 Å². The van der Waals surface area contributed by atoms with Crippen LogP contribution in [-0.4, -0.2) is 16.7 Å². The number of nitriles is 1. The molecule has 5 heteroatoms. The Kier molecular flexibility index (Phi) is 3.36. The van der Waals surface area contributed by atoms with Crippen molar-refractivity contribution in [1.82, 2.24) is 10.1 Å². The molecule has 1 N–H and O–H groups in total. The summed E-state index contributed by atoms with van der Waals surface area (Å²) < 4.78 is 4.89. The molecule has 2 aromatic rings. The molecule has 86 valence electrons. The minimum Gasteiger partial charge on any atom is -0.383 e. The fourth-order valence-electron chi connectivity index (χ4n) is 1.51. The van der Waals surface area contributed by atoms with Crippen molar-refractivity contribution >= 4 is 5.69 Å². The molecule has 0 saturated heterocycles. The Labute approximate surface area is 99.1 Å². The van der Waals surface area contributed by atoms with E-state index >= 15 is 0 Å². The van der Waals surface area contributed by atoms with Crippen LogP contribution in [0.2, 0.25) is 0 Å². The number of aryl methyl sites for hydroxylation is 1. The molecule has 1 aromatic heterocycles. The summed E-state index contributed by atoms with van der Waals surface area (Å²) in [5.41, 5.74) is 2.59. The fraction of sp³-hybridized carbons (Fsp3) is 0.250. The van der Waals surface area contributed by atoms with Gasteiger partial charge in [-0.15, -0.1) is 0 Å². The number of hydrogen-bond acceptors (Lipinski definition) is 5. The lowest BCUT2D eigenvalue weighted by atomic mass is 10.1. The van der Waals surface area contributed by atoms with Gasteiger partial charge in [-0.05, 0) is 24.6 Å². The van der Waals surface area contributed by atoms with Crippen LogP contribution in [0.25, 0.3) is 0 Å². The highest BCUT2D eigenvalue weighted by molar-refractivity contribution is 5.58. The first-order valence-electron chi connectivity index (χ1n) is 5.30. The minimum absolute atomic E-state index is 0.587. The summed E-state index contributed by atoms with van der Waals surface area (Å²) in [6, 6.07) is 7.83. The Balaban J connectivity index is 1.99. The summed E-state index contributed by atoms with van der Waals surface area (Å²) in [6.45, 7) is 2.64. The van der Waals surface area contributed by atoms with Crippen molar-refractivity contribution in [2.75, 3.05) is 11.9 Å². The van der Waals surface area contributed by atoms with Crippen LogP contribution in [0.4, 0.5) is 5.69 Å². The number of nitrogens with one attached hydrogen (secondary N) is 1. The Morgan fingerprint density at radius 2 is 2.35 bits per heavy atom. The molecule has 0 amide bonds. The summed E-state index contributed by atoms with van der Waals surface area (Å²) in [4.78, 5) is 3.92. The second kappa shape index (κ2) is 5.12. The molecule has 5 nitrogen and oxygen atoms in total. The van der Waals surface area contributed by atoms with Gasteiger partial charge in [0, 0.05) is 13.0 Å². The highest BCUT2D eigenvalue weighted by atomic mass is 16.5. The molecule has 0 aliphatic carbocycles. The van der Waals surface area contributed by atoms with E-state index < -0.39 is 0 Å². The second-order valence-corrected chi connectivity index (χ2v) is 3.67. The average Bonchev–Trinajstić information content (AvgIpc) is 2.82. The van der Waals surface area contributed by atoms with Gasteiger partial charge in [-0.25, -0.2) is 0 Å². The van der Waals surface area contributed by atoms with Crippen molar-refractivity contribution < 1.29 is 4.52 Å². The molecule has 2 rings (SSSR count). The molecule has 0 atom stereocenters. The van der Waals surface area contributed by atoms with Crippen LogP contribution in [0.3, 0.4) is 0 Å². The standard InChI is InChI=1S/C12H12N4O/c1-9-2-3-10(7-13)11(6-9)14-5-4-12-15-8-16-17-12/h2-3,6,8,14H,4-5H2,1H3. The second-order valence-electron chi connectivity index (χ2n) is 3.67. The van der Waals surface area contributed by atoms with Crippen LogP contribution in [0.5, 0.6) is 0 Å². The van der Waals surface area contributed by atoms with Crippen molar-refractivity contribution in [1.29, 1.82) is 5.26 Å². The molecular formula is C12H12N4O. The summed E-state index contributed by atoms with van der Waals surface area (Å²) in [6.07, 6.45) is 2.02. The molecule has 0 spiro atoms. The van der Waals surface area contributed by atoms with E-state index in [0.29, 0.717) is 24.4 Å². The van der Waals surface area contributed by atoms with Crippen LogP contribution in [0.1, 0.15) is 17.0 Å². The van der Waals surface area contributed by atoms with E-state index in [2.05, 4.69) is 21.5 Å². The van der Waals surface area contributed by atoms with Gasteiger partial charge in [0.1, 0.15) is 6.07 Å². The topological polar surface area (TPSA) is 74.7 Å². The lowest BCUT2D eigenvalue weighted by Gasteiger charge is -2.07. The molecule has 1 aromatic carbocycles. The largest absolute Gasteiger partial charge is 0.383 e. The third-order valence-corrected chi connectivity index (χ3v) is 2.36. The number of nitrogens with zero attached hydrogens (tertiary/aromatic N) is 3. The smallest absolute Gasteiger partial charge is 0.228 e. The van der Waals surface area contributed by atoms with E-state index in [0.717, 1.165) is 11.3 Å². The zero-order valence-corrected chi connectivity index (χ0v) is 9.47. The summed E-state index contributed by atoms with van der Waals surface area (Å²) in [5, 5.41) is 15.7. The van der Waals surface area contributed by atoms with Gasteiger partial charge in [-0.2, -0.15) is 10.2 Å². The van der Waals surface area contributed by atoms with Crippen LogP contribution < -0.4 is 5.32 Å². The Morgan fingerprint density at radius 1 is 1.47 bits per heavy atom. The van der Waals surface area contributed by atoms with E-state index in [9.17, 15) is 0 Å². The summed E-state index contributed by atoms with van der Waals surface area (Å²) in [5.74, 6) is 0.587. The molecule has 1 heterocycles. The van der Waals surface area contributed by atoms with Gasteiger partial charge in [0.05, 0.1) is 11.3 Å². The molecule has 0 radical (unpaired) electrons. The maximum atomic E-state index is 8.96. The predicted octanol–water partition coefficient (Wildman–Crippen LogP) is 1.90. The Bertz CT molecular complexity index is 528. The van der Waals surface area contributed by atoms with E-state index in [4.69, 9.17) is 9.78 Å². The van der Waals surface area contributed by atoms with Gasteiger partial charge >= 0.3 is 0 Å². The van der Waals surface area contributed by atoms with Crippen molar-refractivity contribution in [3.63, 3.8) is 0 Å². The SMILES string of the molecule is Cc1ccc(C#N)c(NCCc2ncno2)c1. The van der Waals surface area contributed by atoms with Crippen molar-refractivity contribution in [2.24, 2.45) is 0 Å². The number of benzene rings is 1. The number of hydrogen-bond donors (Lipinski definition) is 1. The lowest BCUT2D eigenvalue weighted by Crippen LogP contribution is -2.06. The maximum absolute atomic E-state index is 8.96. The fourth-order valence-corrected chi connectivity index (χ4v) is 1.51. The molecule has 0 saturated carbocycles. The first-order valence-corrected chi connectivity index (χ1v) is 5.30. The number of anilines is 1. The zero-order valence-electron chi connectivity index (χ0n) is 9.47. The molecule has 0 aliphatic heterocycles. The zero-order chi connectivity index (χ0) is 12.1. The van der Waals surface area contributed by atoms with Crippen molar-refractivity contribution in [3.8, 4) is 6.07 Å². The van der Waals surface area contributed by atoms with Crippen LogP contribution in [-0.2, 0) is 6.42 Å². The lowest BCUT2D eigenvalue weighted by molar-refractivity contribution is 0.380. The van der Waals surface area contributed by atoms with Gasteiger partial charge < -0.3 is 9.84 Å². The molecule has 17 heavy (non-hydrogen) atoms. The van der Waals surface area contributed by atoms with Crippen molar-refractivity contribution in [3.05, 3.63) is 41.5 Å². The van der Waals surface area contributed by atoms with E-state index in [1.165, 1.54) is 6.33 Å². The molecule has 0 unspecified atom stereocenters. The van der Waals surface area contributed by atoms with Gasteiger partial charge in [0.15, 0.2) is 6.33 Å². The molecule has 0 fully saturated rings. The van der Waals surface area contributed by atoms with Crippen LogP contribution >= 0.6 is 0 Å². The van der Waals surface area contributed by atoms with E-state index in [-0.39, 0.29) is 0 Å². The van der Waals surface area contributed by atoms with Gasteiger partial charge in [0.2, 0.25) is 5.89 Å². The number of aromatic nitrogens is 2. The van der Waals surface area contributed by atoms with E-state index in [1.54, 1.807) is 0 Å². The first kappa shape index (κ1) is 11.1. The molecule has 0 aliphatic rings. The quantitative estimate of drug-likeness (QED) is 0.865. The summed E-state index contributed by atoms with van der Waals surface area (Å²) in [7, 11) is 0. The Morgan fingerprint density at radius 3 is 3.06 bits per heavy atom. The predicted molar refractivity (Wildman–Crippen MR) is 62.4 cm³/mol. The monoisotopic (exact) mass is 228 g/mol. The third-order valence-electron chi connectivity index (χ3n) is 2.36. The molecular weight excluding hydrogens is 216 g/mol. The highest BCUT2D eigenvalue weighted by Crippen LogP contribution is 2.16. The van der Waals surface area contributed by atoms with Gasteiger partial charge in [-0.1, -0.05) is 11.2 Å². The average molecular weight is 228 g/mol. The number of rotatable bonds is 4. The van der Waals surface area contributed by atoms with Gasteiger partial charge in [0.25, 0.3) is 0 Å². The minimum atomic E-state index is 0.587. The highest BCUT2D eigenvalue weighted by Gasteiger charge is 2.03.